The van der Waals surface area contributed by atoms with E-state index >= 15 is 0 Å². The summed E-state index contributed by atoms with van der Waals surface area (Å²) in [5, 5.41) is 13.6. The van der Waals surface area contributed by atoms with Crippen molar-refractivity contribution in [3.63, 3.8) is 0 Å². The number of anilines is 3. The number of ether oxygens (including phenoxy) is 2. The molecule has 1 heterocycles. The van der Waals surface area contributed by atoms with Gasteiger partial charge in [-0.05, 0) is 85.0 Å². The molecule has 0 aliphatic heterocycles. The maximum absolute atomic E-state index is 12.7. The normalized spacial score (nSPS) is 16.6. The Balaban J connectivity index is 1.09. The molecule has 0 spiro atoms. The van der Waals surface area contributed by atoms with E-state index < -0.39 is 5.91 Å². The Morgan fingerprint density at radius 1 is 0.875 bits per heavy atom. The first kappa shape index (κ1) is 26.9. The van der Waals surface area contributed by atoms with Crippen molar-refractivity contribution < 1.29 is 23.5 Å². The lowest BCUT2D eigenvalue weighted by Crippen LogP contribution is -2.17. The quantitative estimate of drug-likeness (QED) is 0.220. The van der Waals surface area contributed by atoms with Gasteiger partial charge in [0.2, 0.25) is 0 Å². The highest BCUT2D eigenvalue weighted by molar-refractivity contribution is 6.00. The zero-order chi connectivity index (χ0) is 27.7. The molecule has 5 rings (SSSR count). The third-order valence-corrected chi connectivity index (χ3v) is 7.14. The van der Waals surface area contributed by atoms with E-state index in [1.165, 1.54) is 12.7 Å². The largest absolute Gasteiger partial charge is 0.489 e. The topological polar surface area (TPSA) is 116 Å². The molecule has 1 aliphatic rings. The first-order chi connectivity index (χ1) is 19.6. The van der Waals surface area contributed by atoms with Crippen molar-refractivity contribution in [3.05, 3.63) is 95.9 Å². The van der Waals surface area contributed by atoms with E-state index in [1.807, 2.05) is 78.9 Å². The van der Waals surface area contributed by atoms with Crippen LogP contribution >= 0.6 is 0 Å². The summed E-state index contributed by atoms with van der Waals surface area (Å²) in [5.74, 6) is 0.825. The molecule has 3 aromatic carbocycles. The summed E-state index contributed by atoms with van der Waals surface area (Å²) in [5.41, 5.74) is 3.69. The molecule has 0 saturated heterocycles. The van der Waals surface area contributed by atoms with Crippen molar-refractivity contribution in [2.75, 3.05) is 17.7 Å². The van der Waals surface area contributed by atoms with Crippen LogP contribution in [-0.4, -0.2) is 29.2 Å². The summed E-state index contributed by atoms with van der Waals surface area (Å²) in [6, 6.07) is 25.2. The molecular weight excluding hydrogens is 508 g/mol. The number of carbonyl (C=O) groups is 2. The fraction of sp³-hybridized carbons (Fsp3) is 0.290. The number of esters is 1. The zero-order valence-corrected chi connectivity index (χ0v) is 22.3. The molecule has 1 fully saturated rings. The van der Waals surface area contributed by atoms with Gasteiger partial charge in [-0.15, -0.1) is 5.10 Å². The van der Waals surface area contributed by atoms with E-state index in [2.05, 4.69) is 20.8 Å². The van der Waals surface area contributed by atoms with Crippen molar-refractivity contribution in [1.82, 2.24) is 10.2 Å². The van der Waals surface area contributed by atoms with E-state index in [-0.39, 0.29) is 17.9 Å². The summed E-state index contributed by atoms with van der Waals surface area (Å²) in [4.78, 5) is 24.2. The molecule has 1 aliphatic carbocycles. The van der Waals surface area contributed by atoms with Crippen LogP contribution in [0.3, 0.4) is 0 Å². The van der Waals surface area contributed by atoms with Crippen molar-refractivity contribution in [3.8, 4) is 5.75 Å². The van der Waals surface area contributed by atoms with E-state index in [1.54, 1.807) is 0 Å². The van der Waals surface area contributed by atoms with Crippen molar-refractivity contribution >= 4 is 29.3 Å². The molecule has 4 aromatic rings. The smallest absolute Gasteiger partial charge is 0.320 e. The number of nitrogens with one attached hydrogen (secondary N) is 2. The van der Waals surface area contributed by atoms with Crippen LogP contribution < -0.4 is 15.4 Å². The Hall–Kier alpha value is -4.66. The highest BCUT2D eigenvalue weighted by Gasteiger charge is 2.24. The van der Waals surface area contributed by atoms with Gasteiger partial charge in [-0.3, -0.25) is 9.59 Å². The molecule has 0 unspecified atom stereocenters. The van der Waals surface area contributed by atoms with Gasteiger partial charge in [0.05, 0.1) is 7.11 Å². The SMILES string of the molecule is COC(=O)CC1CCC(c2ccc(NC(=O)c3nnc(Nc4ccc(OCc5ccccc5)cc4)o3)cc2)CC1. The number of hydrogen-bond acceptors (Lipinski definition) is 8. The van der Waals surface area contributed by atoms with Gasteiger partial charge in [0.1, 0.15) is 12.4 Å². The first-order valence-electron chi connectivity index (χ1n) is 13.4. The average molecular weight is 541 g/mol. The maximum atomic E-state index is 12.7. The van der Waals surface area contributed by atoms with Gasteiger partial charge in [-0.25, -0.2) is 0 Å². The van der Waals surface area contributed by atoms with Gasteiger partial charge in [-0.2, -0.15) is 0 Å². The minimum Gasteiger partial charge on any atom is -0.489 e. The number of benzene rings is 3. The summed E-state index contributed by atoms with van der Waals surface area (Å²) < 4.78 is 16.1. The van der Waals surface area contributed by atoms with Gasteiger partial charge in [0.15, 0.2) is 0 Å². The van der Waals surface area contributed by atoms with Crippen molar-refractivity contribution in [1.29, 1.82) is 0 Å². The Labute approximate surface area is 232 Å². The molecule has 1 amide bonds. The summed E-state index contributed by atoms with van der Waals surface area (Å²) in [6.07, 6.45) is 4.59. The monoisotopic (exact) mass is 540 g/mol. The van der Waals surface area contributed by atoms with Gasteiger partial charge in [-0.1, -0.05) is 47.6 Å². The standard InChI is InChI=1S/C31H32N4O5/c1-38-28(36)19-21-7-9-23(10-8-21)24-11-13-25(14-12-24)32-29(37)30-34-35-31(40-30)33-26-15-17-27(18-16-26)39-20-22-5-3-2-4-6-22/h2-6,11-18,21,23H,7-10,19-20H2,1H3,(H,32,37)(H,33,35). The second-order valence-corrected chi connectivity index (χ2v) is 9.91. The van der Waals surface area contributed by atoms with Crippen molar-refractivity contribution in [2.45, 2.75) is 44.6 Å². The lowest BCUT2D eigenvalue weighted by atomic mass is 9.77. The second kappa shape index (κ2) is 12.9. The molecule has 9 nitrogen and oxygen atoms in total. The van der Waals surface area contributed by atoms with Crippen LogP contribution in [0.15, 0.2) is 83.3 Å². The summed E-state index contributed by atoms with van der Waals surface area (Å²) in [6.45, 7) is 0.484. The number of hydrogen-bond donors (Lipinski definition) is 2. The Morgan fingerprint density at radius 3 is 2.27 bits per heavy atom. The predicted octanol–water partition coefficient (Wildman–Crippen LogP) is 6.48. The van der Waals surface area contributed by atoms with Crippen LogP contribution in [0.1, 0.15) is 59.8 Å². The Kier molecular flexibility index (Phi) is 8.70. The fourth-order valence-electron chi connectivity index (χ4n) is 4.91. The molecule has 40 heavy (non-hydrogen) atoms. The predicted molar refractivity (Wildman–Crippen MR) is 151 cm³/mol. The van der Waals surface area contributed by atoms with Crippen LogP contribution in [0.2, 0.25) is 0 Å². The molecule has 9 heteroatoms. The van der Waals surface area contributed by atoms with E-state index in [9.17, 15) is 9.59 Å². The summed E-state index contributed by atoms with van der Waals surface area (Å²) >= 11 is 0. The summed E-state index contributed by atoms with van der Waals surface area (Å²) in [7, 11) is 1.44. The van der Waals surface area contributed by atoms with E-state index in [4.69, 9.17) is 13.9 Å². The van der Waals surface area contributed by atoms with Gasteiger partial charge in [0.25, 0.3) is 0 Å². The number of nitrogens with zero attached hydrogens (tertiary/aromatic N) is 2. The zero-order valence-electron chi connectivity index (χ0n) is 22.3. The number of amides is 1. The molecule has 206 valence electrons. The average Bonchev–Trinajstić information content (AvgIpc) is 3.47. The Morgan fingerprint density at radius 2 is 1.57 bits per heavy atom. The lowest BCUT2D eigenvalue weighted by molar-refractivity contribution is -0.142. The molecular formula is C31H32N4O5. The van der Waals surface area contributed by atoms with Crippen molar-refractivity contribution in [2.24, 2.45) is 5.92 Å². The third kappa shape index (κ3) is 7.25. The van der Waals surface area contributed by atoms with E-state index in [0.717, 1.165) is 42.7 Å². The number of carbonyl (C=O) groups excluding carboxylic acids is 2. The number of methoxy groups -OCH3 is 1. The first-order valence-corrected chi connectivity index (χ1v) is 13.4. The third-order valence-electron chi connectivity index (χ3n) is 7.14. The van der Waals surface area contributed by atoms with Gasteiger partial charge >= 0.3 is 23.8 Å². The molecule has 1 saturated carbocycles. The number of rotatable bonds is 10. The van der Waals surface area contributed by atoms with Crippen LogP contribution in [0.25, 0.3) is 0 Å². The van der Waals surface area contributed by atoms with Crippen LogP contribution in [0, 0.1) is 5.92 Å². The molecule has 0 radical (unpaired) electrons. The van der Waals surface area contributed by atoms with Crippen LogP contribution in [0.5, 0.6) is 5.75 Å². The molecule has 2 N–H and O–H groups in total. The van der Waals surface area contributed by atoms with Crippen LogP contribution in [-0.2, 0) is 16.1 Å². The second-order valence-electron chi connectivity index (χ2n) is 9.91. The lowest BCUT2D eigenvalue weighted by Gasteiger charge is -2.28. The number of aromatic nitrogens is 2. The minimum atomic E-state index is -0.485. The Bertz CT molecular complexity index is 1400. The highest BCUT2D eigenvalue weighted by atomic mass is 16.5. The minimum absolute atomic E-state index is 0.112. The van der Waals surface area contributed by atoms with E-state index in [0.29, 0.717) is 30.6 Å². The van der Waals surface area contributed by atoms with Crippen LogP contribution in [0.4, 0.5) is 17.4 Å². The maximum Gasteiger partial charge on any atom is 0.320 e. The fourth-order valence-corrected chi connectivity index (χ4v) is 4.91. The highest BCUT2D eigenvalue weighted by Crippen LogP contribution is 2.37. The molecule has 0 bridgehead atoms. The molecule has 1 aromatic heterocycles. The van der Waals surface area contributed by atoms with Gasteiger partial charge < -0.3 is 24.5 Å². The van der Waals surface area contributed by atoms with Gasteiger partial charge in [0, 0.05) is 17.8 Å². The molecule has 0 atom stereocenters.